The predicted octanol–water partition coefficient (Wildman–Crippen LogP) is 3.06. The molecule has 0 radical (unpaired) electrons. The van der Waals surface area contributed by atoms with Crippen molar-refractivity contribution in [2.75, 3.05) is 31.6 Å². The minimum absolute atomic E-state index is 0.0341. The van der Waals surface area contributed by atoms with E-state index in [4.69, 9.17) is 4.74 Å². The van der Waals surface area contributed by atoms with E-state index in [1.165, 1.54) is 11.1 Å². The number of carbonyl (C=O) groups excluding carboxylic acids is 1. The number of nitrogens with zero attached hydrogens (tertiary/aromatic N) is 1. The van der Waals surface area contributed by atoms with Crippen molar-refractivity contribution in [2.24, 2.45) is 0 Å². The van der Waals surface area contributed by atoms with Crippen LogP contribution in [0.3, 0.4) is 0 Å². The molecule has 4 rings (SSSR count). The van der Waals surface area contributed by atoms with Crippen molar-refractivity contribution in [3.63, 3.8) is 0 Å². The summed E-state index contributed by atoms with van der Waals surface area (Å²) in [5.41, 5.74) is 3.64. The second kappa shape index (κ2) is 7.68. The van der Waals surface area contributed by atoms with Gasteiger partial charge in [0.25, 0.3) is 0 Å². The number of fused-ring (bicyclic) bond motifs is 1. The summed E-state index contributed by atoms with van der Waals surface area (Å²) < 4.78 is 5.53. The Morgan fingerprint density at radius 1 is 1.19 bits per heavy atom. The SMILES string of the molecule is O=C(NCCc1ccc2c(c1)CCO2)N1CCC(Nc2ccccc2)C1. The van der Waals surface area contributed by atoms with E-state index in [0.717, 1.165) is 50.4 Å². The Morgan fingerprint density at radius 2 is 2.08 bits per heavy atom. The smallest absolute Gasteiger partial charge is 0.317 e. The maximum Gasteiger partial charge on any atom is 0.317 e. The first-order valence-corrected chi connectivity index (χ1v) is 9.37. The van der Waals surface area contributed by atoms with E-state index in [9.17, 15) is 4.79 Å². The van der Waals surface area contributed by atoms with Crippen molar-refractivity contribution in [1.82, 2.24) is 10.2 Å². The van der Waals surface area contributed by atoms with E-state index in [1.54, 1.807) is 0 Å². The Balaban J connectivity index is 1.21. The van der Waals surface area contributed by atoms with E-state index in [2.05, 4.69) is 34.9 Å². The fourth-order valence-corrected chi connectivity index (χ4v) is 3.65. The first-order chi connectivity index (χ1) is 12.8. The summed E-state index contributed by atoms with van der Waals surface area (Å²) in [4.78, 5) is 14.3. The van der Waals surface area contributed by atoms with Crippen LogP contribution in [0.2, 0.25) is 0 Å². The van der Waals surface area contributed by atoms with Crippen LogP contribution in [0.5, 0.6) is 5.75 Å². The van der Waals surface area contributed by atoms with Crippen LogP contribution in [0, 0.1) is 0 Å². The Labute approximate surface area is 154 Å². The van der Waals surface area contributed by atoms with Crippen LogP contribution in [0.1, 0.15) is 17.5 Å². The largest absolute Gasteiger partial charge is 0.493 e. The predicted molar refractivity (Wildman–Crippen MR) is 103 cm³/mol. The molecule has 2 aromatic carbocycles. The zero-order valence-corrected chi connectivity index (χ0v) is 14.9. The number of anilines is 1. The van der Waals surface area contributed by atoms with Gasteiger partial charge in [-0.2, -0.15) is 0 Å². The summed E-state index contributed by atoms with van der Waals surface area (Å²) in [6.45, 7) is 2.98. The molecule has 136 valence electrons. The quantitative estimate of drug-likeness (QED) is 0.870. The van der Waals surface area contributed by atoms with Crippen molar-refractivity contribution >= 4 is 11.7 Å². The molecule has 1 unspecified atom stereocenters. The third kappa shape index (κ3) is 3.93. The number of carbonyl (C=O) groups is 1. The molecule has 5 heteroatoms. The van der Waals surface area contributed by atoms with Gasteiger partial charge in [-0.1, -0.05) is 30.3 Å². The lowest BCUT2D eigenvalue weighted by Crippen LogP contribution is -2.40. The summed E-state index contributed by atoms with van der Waals surface area (Å²) in [7, 11) is 0. The molecule has 1 saturated heterocycles. The number of amides is 2. The molecule has 2 aliphatic heterocycles. The number of ether oxygens (including phenoxy) is 1. The van der Waals surface area contributed by atoms with E-state index in [1.807, 2.05) is 29.2 Å². The Morgan fingerprint density at radius 3 is 2.96 bits per heavy atom. The number of rotatable bonds is 5. The summed E-state index contributed by atoms with van der Waals surface area (Å²) in [5.74, 6) is 1.01. The Hall–Kier alpha value is -2.69. The zero-order chi connectivity index (χ0) is 17.8. The fourth-order valence-electron chi connectivity index (χ4n) is 3.65. The summed E-state index contributed by atoms with van der Waals surface area (Å²) in [5, 5.41) is 6.55. The molecule has 26 heavy (non-hydrogen) atoms. The van der Waals surface area contributed by atoms with Crippen LogP contribution in [0.4, 0.5) is 10.5 Å². The molecule has 0 saturated carbocycles. The fraction of sp³-hybridized carbons (Fsp3) is 0.381. The van der Waals surface area contributed by atoms with Gasteiger partial charge in [-0.05, 0) is 42.2 Å². The third-order valence-corrected chi connectivity index (χ3v) is 5.06. The highest BCUT2D eigenvalue weighted by Gasteiger charge is 2.25. The van der Waals surface area contributed by atoms with Crippen LogP contribution in [0.25, 0.3) is 0 Å². The summed E-state index contributed by atoms with van der Waals surface area (Å²) >= 11 is 0. The number of para-hydroxylation sites is 1. The van der Waals surface area contributed by atoms with E-state index >= 15 is 0 Å². The number of hydrogen-bond acceptors (Lipinski definition) is 3. The second-order valence-electron chi connectivity index (χ2n) is 6.96. The third-order valence-electron chi connectivity index (χ3n) is 5.06. The Kier molecular flexibility index (Phi) is 4.95. The lowest BCUT2D eigenvalue weighted by atomic mass is 10.1. The normalized spacial score (nSPS) is 18.3. The molecule has 0 aliphatic carbocycles. The number of urea groups is 1. The molecule has 5 nitrogen and oxygen atoms in total. The average Bonchev–Trinajstić information content (AvgIpc) is 3.31. The van der Waals surface area contributed by atoms with E-state index < -0.39 is 0 Å². The molecule has 2 amide bonds. The van der Waals surface area contributed by atoms with Gasteiger partial charge in [0.15, 0.2) is 0 Å². The van der Waals surface area contributed by atoms with Crippen LogP contribution in [0.15, 0.2) is 48.5 Å². The topological polar surface area (TPSA) is 53.6 Å². The van der Waals surface area contributed by atoms with E-state index in [-0.39, 0.29) is 6.03 Å². The molecule has 2 aliphatic rings. The van der Waals surface area contributed by atoms with Crippen LogP contribution in [-0.4, -0.2) is 43.2 Å². The minimum Gasteiger partial charge on any atom is -0.493 e. The van der Waals surface area contributed by atoms with Gasteiger partial charge in [0.2, 0.25) is 0 Å². The van der Waals surface area contributed by atoms with Gasteiger partial charge in [-0.25, -0.2) is 4.79 Å². The van der Waals surface area contributed by atoms with Gasteiger partial charge in [0, 0.05) is 37.8 Å². The molecule has 0 bridgehead atoms. The van der Waals surface area contributed by atoms with Gasteiger partial charge in [0.05, 0.1) is 6.61 Å². The number of likely N-dealkylation sites (tertiary alicyclic amines) is 1. The molecular weight excluding hydrogens is 326 g/mol. The minimum atomic E-state index is 0.0341. The van der Waals surface area contributed by atoms with Crippen LogP contribution >= 0.6 is 0 Å². The molecule has 2 aromatic rings. The Bertz CT molecular complexity index is 763. The maximum absolute atomic E-state index is 12.4. The number of benzene rings is 2. The van der Waals surface area contributed by atoms with E-state index in [0.29, 0.717) is 12.6 Å². The van der Waals surface area contributed by atoms with Crippen LogP contribution < -0.4 is 15.4 Å². The molecule has 0 aromatic heterocycles. The van der Waals surface area contributed by atoms with Gasteiger partial charge in [-0.3, -0.25) is 0 Å². The highest BCUT2D eigenvalue weighted by atomic mass is 16.5. The molecule has 0 spiro atoms. The number of nitrogens with one attached hydrogen (secondary N) is 2. The average molecular weight is 351 g/mol. The van der Waals surface area contributed by atoms with Crippen LogP contribution in [-0.2, 0) is 12.8 Å². The van der Waals surface area contributed by atoms with Crippen molar-refractivity contribution in [2.45, 2.75) is 25.3 Å². The molecular formula is C21H25N3O2. The monoisotopic (exact) mass is 351 g/mol. The molecule has 2 heterocycles. The lowest BCUT2D eigenvalue weighted by molar-refractivity contribution is 0.208. The van der Waals surface area contributed by atoms with Crippen molar-refractivity contribution in [3.05, 3.63) is 59.7 Å². The van der Waals surface area contributed by atoms with Gasteiger partial charge < -0.3 is 20.3 Å². The summed E-state index contributed by atoms with van der Waals surface area (Å²) in [6.07, 6.45) is 2.81. The molecule has 2 N–H and O–H groups in total. The first-order valence-electron chi connectivity index (χ1n) is 9.37. The van der Waals surface area contributed by atoms with Gasteiger partial charge >= 0.3 is 6.03 Å². The first kappa shape index (κ1) is 16.8. The van der Waals surface area contributed by atoms with Crippen molar-refractivity contribution in [3.8, 4) is 5.75 Å². The van der Waals surface area contributed by atoms with Crippen molar-refractivity contribution in [1.29, 1.82) is 0 Å². The molecule has 1 fully saturated rings. The lowest BCUT2D eigenvalue weighted by Gasteiger charge is -2.18. The summed E-state index contributed by atoms with van der Waals surface area (Å²) in [6, 6.07) is 16.9. The number of hydrogen-bond donors (Lipinski definition) is 2. The standard InChI is InChI=1S/C21H25N3O2/c25-21(22-11-8-16-6-7-20-17(14-16)10-13-26-20)24-12-9-19(15-24)23-18-4-2-1-3-5-18/h1-7,14,19,23H,8-13,15H2,(H,22,25). The van der Waals surface area contributed by atoms with Crippen molar-refractivity contribution < 1.29 is 9.53 Å². The zero-order valence-electron chi connectivity index (χ0n) is 14.9. The highest BCUT2D eigenvalue weighted by molar-refractivity contribution is 5.74. The highest BCUT2D eigenvalue weighted by Crippen LogP contribution is 2.25. The van der Waals surface area contributed by atoms with Gasteiger partial charge in [-0.15, -0.1) is 0 Å². The van der Waals surface area contributed by atoms with Gasteiger partial charge in [0.1, 0.15) is 5.75 Å². The second-order valence-corrected chi connectivity index (χ2v) is 6.96. The maximum atomic E-state index is 12.4. The molecule has 1 atom stereocenters.